The summed E-state index contributed by atoms with van der Waals surface area (Å²) in [6.45, 7) is -0.137. The highest BCUT2D eigenvalue weighted by atomic mass is 35.5. The molecule has 3 aromatic carbocycles. The van der Waals surface area contributed by atoms with Gasteiger partial charge in [0.15, 0.2) is 17.3 Å². The number of fused-ring (bicyclic) bond motifs is 1. The zero-order valence-corrected chi connectivity index (χ0v) is 19.3. The maximum absolute atomic E-state index is 13.1. The fourth-order valence-electron chi connectivity index (χ4n) is 3.68. The van der Waals surface area contributed by atoms with Gasteiger partial charge in [0, 0.05) is 33.9 Å². The molecule has 4 rings (SSSR count). The SMILES string of the molecule is COc1ccc(NC(=O)Cn2cc(C(=O)c3ccccc3)c(=O)c3cc(Cl)ccc32)cc1OC. The fraction of sp³-hybridized carbons (Fsp3) is 0.115. The second kappa shape index (κ2) is 9.80. The van der Waals surface area contributed by atoms with Crippen LogP contribution in [0.5, 0.6) is 11.5 Å². The highest BCUT2D eigenvalue weighted by molar-refractivity contribution is 6.31. The molecule has 0 spiro atoms. The number of nitrogens with zero attached hydrogens (tertiary/aromatic N) is 1. The lowest BCUT2D eigenvalue weighted by Gasteiger charge is -2.14. The zero-order valence-electron chi connectivity index (χ0n) is 18.5. The number of ketones is 1. The lowest BCUT2D eigenvalue weighted by atomic mass is 10.0. The van der Waals surface area contributed by atoms with Crippen LogP contribution in [-0.4, -0.2) is 30.5 Å². The number of pyridine rings is 1. The molecule has 0 aliphatic heterocycles. The number of anilines is 1. The molecule has 1 aromatic heterocycles. The van der Waals surface area contributed by atoms with E-state index < -0.39 is 11.2 Å². The Bertz CT molecular complexity index is 1450. The number of rotatable bonds is 7. The monoisotopic (exact) mass is 476 g/mol. The first-order chi connectivity index (χ1) is 16.4. The van der Waals surface area contributed by atoms with Crippen LogP contribution in [0.4, 0.5) is 5.69 Å². The van der Waals surface area contributed by atoms with Crippen LogP contribution in [0.2, 0.25) is 5.02 Å². The minimum atomic E-state index is -0.442. The van der Waals surface area contributed by atoms with E-state index in [4.69, 9.17) is 21.1 Å². The van der Waals surface area contributed by atoms with Gasteiger partial charge in [-0.05, 0) is 30.3 Å². The van der Waals surface area contributed by atoms with Gasteiger partial charge < -0.3 is 19.4 Å². The Morgan fingerprint density at radius 1 is 0.941 bits per heavy atom. The van der Waals surface area contributed by atoms with Crippen molar-refractivity contribution in [3.63, 3.8) is 0 Å². The van der Waals surface area contributed by atoms with E-state index in [0.29, 0.717) is 33.3 Å². The Labute approximate surface area is 200 Å². The predicted molar refractivity (Wildman–Crippen MR) is 131 cm³/mol. The molecule has 0 bridgehead atoms. The number of benzene rings is 3. The van der Waals surface area contributed by atoms with Crippen molar-refractivity contribution in [2.45, 2.75) is 6.54 Å². The molecule has 0 aliphatic carbocycles. The number of amides is 1. The molecule has 0 saturated heterocycles. The van der Waals surface area contributed by atoms with Crippen molar-refractivity contribution >= 4 is 39.9 Å². The molecule has 0 fully saturated rings. The second-order valence-electron chi connectivity index (χ2n) is 7.47. The molecule has 7 nitrogen and oxygen atoms in total. The van der Waals surface area contributed by atoms with Crippen LogP contribution in [0.25, 0.3) is 10.9 Å². The Morgan fingerprint density at radius 3 is 2.38 bits per heavy atom. The Kier molecular flexibility index (Phi) is 6.65. The van der Waals surface area contributed by atoms with E-state index in [2.05, 4.69) is 5.32 Å². The number of halogens is 1. The minimum Gasteiger partial charge on any atom is -0.493 e. The predicted octanol–water partition coefficient (Wildman–Crippen LogP) is 4.54. The number of hydrogen-bond donors (Lipinski definition) is 1. The summed E-state index contributed by atoms with van der Waals surface area (Å²) in [7, 11) is 3.03. The van der Waals surface area contributed by atoms with Crippen LogP contribution in [-0.2, 0) is 11.3 Å². The van der Waals surface area contributed by atoms with Crippen LogP contribution < -0.4 is 20.2 Å². The fourth-order valence-corrected chi connectivity index (χ4v) is 3.85. The molecule has 172 valence electrons. The van der Waals surface area contributed by atoms with Crippen LogP contribution in [0.1, 0.15) is 15.9 Å². The first kappa shape index (κ1) is 23.1. The van der Waals surface area contributed by atoms with Gasteiger partial charge in [0.25, 0.3) is 0 Å². The normalized spacial score (nSPS) is 10.7. The van der Waals surface area contributed by atoms with Crippen molar-refractivity contribution in [3.8, 4) is 11.5 Å². The molecule has 0 radical (unpaired) electrons. The summed E-state index contributed by atoms with van der Waals surface area (Å²) >= 11 is 6.12. The molecule has 0 unspecified atom stereocenters. The molecular weight excluding hydrogens is 456 g/mol. The number of hydrogen-bond acceptors (Lipinski definition) is 5. The average Bonchev–Trinajstić information content (AvgIpc) is 2.85. The van der Waals surface area contributed by atoms with Gasteiger partial charge in [0.05, 0.1) is 25.3 Å². The average molecular weight is 477 g/mol. The van der Waals surface area contributed by atoms with Crippen molar-refractivity contribution in [2.75, 3.05) is 19.5 Å². The van der Waals surface area contributed by atoms with E-state index in [1.807, 2.05) is 0 Å². The van der Waals surface area contributed by atoms with Gasteiger partial charge >= 0.3 is 0 Å². The molecule has 34 heavy (non-hydrogen) atoms. The quantitative estimate of drug-likeness (QED) is 0.396. The summed E-state index contributed by atoms with van der Waals surface area (Å²) in [5.41, 5.74) is 0.892. The van der Waals surface area contributed by atoms with Crippen molar-refractivity contribution in [3.05, 3.63) is 99.3 Å². The molecule has 8 heteroatoms. The van der Waals surface area contributed by atoms with Gasteiger partial charge in [-0.1, -0.05) is 41.9 Å². The van der Waals surface area contributed by atoms with Gasteiger partial charge in [0.2, 0.25) is 11.3 Å². The Hall–Kier alpha value is -4.10. The van der Waals surface area contributed by atoms with Crippen LogP contribution in [0, 0.1) is 0 Å². The van der Waals surface area contributed by atoms with Crippen molar-refractivity contribution in [2.24, 2.45) is 0 Å². The lowest BCUT2D eigenvalue weighted by molar-refractivity contribution is -0.116. The molecule has 0 atom stereocenters. The summed E-state index contributed by atoms with van der Waals surface area (Å²) in [6, 6.07) is 18.3. The van der Waals surface area contributed by atoms with E-state index >= 15 is 0 Å². The molecule has 1 N–H and O–H groups in total. The summed E-state index contributed by atoms with van der Waals surface area (Å²) in [6.07, 6.45) is 1.42. The maximum Gasteiger partial charge on any atom is 0.244 e. The molecule has 1 heterocycles. The number of ether oxygens (including phenoxy) is 2. The summed E-state index contributed by atoms with van der Waals surface area (Å²) in [4.78, 5) is 39.1. The summed E-state index contributed by atoms with van der Waals surface area (Å²) in [5, 5.41) is 3.42. The second-order valence-corrected chi connectivity index (χ2v) is 7.91. The first-order valence-corrected chi connectivity index (χ1v) is 10.7. The molecule has 4 aromatic rings. The number of carbonyl (C=O) groups excluding carboxylic acids is 2. The van der Waals surface area contributed by atoms with Gasteiger partial charge in [-0.2, -0.15) is 0 Å². The third-order valence-electron chi connectivity index (χ3n) is 5.30. The summed E-state index contributed by atoms with van der Waals surface area (Å²) in [5.74, 6) is 0.221. The largest absolute Gasteiger partial charge is 0.493 e. The first-order valence-electron chi connectivity index (χ1n) is 10.4. The van der Waals surface area contributed by atoms with E-state index in [9.17, 15) is 14.4 Å². The topological polar surface area (TPSA) is 86.6 Å². The number of carbonyl (C=O) groups is 2. The third-order valence-corrected chi connectivity index (χ3v) is 5.54. The highest BCUT2D eigenvalue weighted by Gasteiger charge is 2.18. The van der Waals surface area contributed by atoms with Crippen LogP contribution >= 0.6 is 11.6 Å². The lowest BCUT2D eigenvalue weighted by Crippen LogP contribution is -2.24. The standard InChI is InChI=1S/C26H21ClN2O5/c1-33-22-11-9-18(13-23(22)34-2)28-24(30)15-29-14-20(25(31)16-6-4-3-5-7-16)26(32)19-12-17(27)8-10-21(19)29/h3-14H,15H2,1-2H3,(H,28,30). The molecule has 0 saturated carbocycles. The minimum absolute atomic E-state index is 0.0418. The molecular formula is C26H21ClN2O5. The highest BCUT2D eigenvalue weighted by Crippen LogP contribution is 2.29. The Balaban J connectivity index is 1.72. The Morgan fingerprint density at radius 2 is 1.68 bits per heavy atom. The van der Waals surface area contributed by atoms with Gasteiger partial charge in [-0.3, -0.25) is 14.4 Å². The number of methoxy groups -OCH3 is 2. The van der Waals surface area contributed by atoms with Crippen molar-refractivity contribution in [1.29, 1.82) is 0 Å². The van der Waals surface area contributed by atoms with Gasteiger partial charge in [0.1, 0.15) is 6.54 Å². The van der Waals surface area contributed by atoms with Gasteiger partial charge in [-0.15, -0.1) is 0 Å². The molecule has 0 aliphatic rings. The van der Waals surface area contributed by atoms with Gasteiger partial charge in [-0.25, -0.2) is 0 Å². The van der Waals surface area contributed by atoms with E-state index in [1.165, 1.54) is 26.5 Å². The van der Waals surface area contributed by atoms with Crippen molar-refractivity contribution < 1.29 is 19.1 Å². The van der Waals surface area contributed by atoms with E-state index in [1.54, 1.807) is 65.2 Å². The van der Waals surface area contributed by atoms with Crippen LogP contribution in [0.3, 0.4) is 0 Å². The third kappa shape index (κ3) is 4.65. The molecule has 1 amide bonds. The maximum atomic E-state index is 13.1. The summed E-state index contributed by atoms with van der Waals surface area (Å²) < 4.78 is 12.1. The van der Waals surface area contributed by atoms with E-state index in [0.717, 1.165) is 0 Å². The van der Waals surface area contributed by atoms with Crippen molar-refractivity contribution in [1.82, 2.24) is 4.57 Å². The number of nitrogens with one attached hydrogen (secondary N) is 1. The smallest absolute Gasteiger partial charge is 0.244 e. The van der Waals surface area contributed by atoms with E-state index in [-0.39, 0.29) is 23.4 Å². The zero-order chi connectivity index (χ0) is 24.2. The van der Waals surface area contributed by atoms with Crippen LogP contribution in [0.15, 0.2) is 77.7 Å². The number of aromatic nitrogens is 1.